The predicted octanol–water partition coefficient (Wildman–Crippen LogP) is 4.88. The van der Waals surface area contributed by atoms with E-state index >= 15 is 0 Å². The number of ether oxygens (including phenoxy) is 6. The highest BCUT2D eigenvalue weighted by atomic mass is 35.5. The van der Waals surface area contributed by atoms with E-state index in [1.807, 2.05) is 13.8 Å². The fraction of sp³-hybridized carbons (Fsp3) is 0.500. The fourth-order valence-corrected chi connectivity index (χ4v) is 5.04. The first-order valence-electron chi connectivity index (χ1n) is 11.0. The van der Waals surface area contributed by atoms with Crippen molar-refractivity contribution in [1.29, 1.82) is 0 Å². The molecule has 1 aromatic carbocycles. The molecule has 2 saturated heterocycles. The summed E-state index contributed by atoms with van der Waals surface area (Å²) in [5.41, 5.74) is 0.252. The zero-order valence-corrected chi connectivity index (χ0v) is 22.0. The van der Waals surface area contributed by atoms with Crippen LogP contribution >= 0.6 is 34.5 Å². The lowest BCUT2D eigenvalue weighted by Crippen LogP contribution is -2.40. The Kier molecular flexibility index (Phi) is 7.78. The van der Waals surface area contributed by atoms with Gasteiger partial charge in [0.25, 0.3) is 0 Å². The molecule has 0 bridgehead atoms. The van der Waals surface area contributed by atoms with Crippen molar-refractivity contribution in [2.75, 3.05) is 19.8 Å². The van der Waals surface area contributed by atoms with Crippen molar-refractivity contribution in [3.05, 3.63) is 50.1 Å². The van der Waals surface area contributed by atoms with Crippen LogP contribution in [0.2, 0.25) is 10.0 Å². The molecule has 190 valence electrons. The Balaban J connectivity index is 1.33. The van der Waals surface area contributed by atoms with Gasteiger partial charge in [0.1, 0.15) is 35.7 Å². The summed E-state index contributed by atoms with van der Waals surface area (Å²) < 4.78 is 34.3. The molecule has 0 spiro atoms. The molecule has 8 nitrogen and oxygen atoms in total. The second kappa shape index (κ2) is 10.3. The third-order valence-corrected chi connectivity index (χ3v) is 7.14. The molecule has 3 atom stereocenters. The van der Waals surface area contributed by atoms with Crippen LogP contribution in [0.15, 0.2) is 29.6 Å². The Morgan fingerprint density at radius 2 is 1.83 bits per heavy atom. The number of benzene rings is 1. The SMILES string of the molecule is CC1(C)O[C@H]([C@H]2COC(C)(C)O2)[C@H](COC(=O)COc2ccc(C(=O)c3cccs3)c(Cl)c2Cl)O1. The van der Waals surface area contributed by atoms with Gasteiger partial charge in [0.05, 0.1) is 16.5 Å². The van der Waals surface area contributed by atoms with Crippen LogP contribution in [0, 0.1) is 0 Å². The van der Waals surface area contributed by atoms with Gasteiger partial charge in [-0.25, -0.2) is 4.79 Å². The largest absolute Gasteiger partial charge is 0.480 e. The number of halogens is 2. The average molecular weight is 545 g/mol. The Morgan fingerprint density at radius 1 is 1.06 bits per heavy atom. The summed E-state index contributed by atoms with van der Waals surface area (Å²) in [5, 5.41) is 1.89. The van der Waals surface area contributed by atoms with E-state index in [1.165, 1.54) is 23.5 Å². The van der Waals surface area contributed by atoms with Crippen molar-refractivity contribution in [2.24, 2.45) is 0 Å². The highest BCUT2D eigenvalue weighted by molar-refractivity contribution is 7.12. The molecule has 2 aromatic rings. The first-order valence-corrected chi connectivity index (χ1v) is 12.6. The molecule has 35 heavy (non-hydrogen) atoms. The van der Waals surface area contributed by atoms with Gasteiger partial charge < -0.3 is 28.4 Å². The number of hydrogen-bond donors (Lipinski definition) is 0. The van der Waals surface area contributed by atoms with Gasteiger partial charge in [-0.15, -0.1) is 11.3 Å². The second-order valence-corrected chi connectivity index (χ2v) is 10.7. The van der Waals surface area contributed by atoms with Crippen molar-refractivity contribution >= 4 is 46.3 Å². The van der Waals surface area contributed by atoms with Gasteiger partial charge in [-0.05, 0) is 51.3 Å². The molecule has 2 fully saturated rings. The first kappa shape index (κ1) is 26.3. The van der Waals surface area contributed by atoms with Crippen LogP contribution in [0.4, 0.5) is 0 Å². The molecule has 2 aliphatic heterocycles. The maximum absolute atomic E-state index is 12.6. The van der Waals surface area contributed by atoms with E-state index in [0.29, 0.717) is 11.5 Å². The molecule has 0 saturated carbocycles. The Labute approximate surface area is 217 Å². The number of carbonyl (C=O) groups is 2. The van der Waals surface area contributed by atoms with E-state index < -0.39 is 36.4 Å². The summed E-state index contributed by atoms with van der Waals surface area (Å²) in [6.45, 7) is 7.08. The van der Waals surface area contributed by atoms with E-state index in [-0.39, 0.29) is 39.9 Å². The van der Waals surface area contributed by atoms with Gasteiger partial charge in [0.15, 0.2) is 18.2 Å². The van der Waals surface area contributed by atoms with Gasteiger partial charge in [-0.1, -0.05) is 29.3 Å². The van der Waals surface area contributed by atoms with Crippen molar-refractivity contribution in [3.63, 3.8) is 0 Å². The number of rotatable bonds is 8. The fourth-order valence-electron chi connectivity index (χ4n) is 3.90. The van der Waals surface area contributed by atoms with Crippen LogP contribution in [0.3, 0.4) is 0 Å². The molecule has 1 aromatic heterocycles. The van der Waals surface area contributed by atoms with Crippen LogP contribution in [0.1, 0.15) is 42.9 Å². The van der Waals surface area contributed by atoms with Gasteiger partial charge in [-0.3, -0.25) is 4.79 Å². The predicted molar refractivity (Wildman–Crippen MR) is 129 cm³/mol. The maximum Gasteiger partial charge on any atom is 0.344 e. The lowest BCUT2D eigenvalue weighted by Gasteiger charge is -2.23. The lowest BCUT2D eigenvalue weighted by molar-refractivity contribution is -0.175. The number of esters is 1. The number of hydrogen-bond acceptors (Lipinski definition) is 9. The molecule has 3 heterocycles. The molecule has 0 N–H and O–H groups in total. The lowest BCUT2D eigenvalue weighted by atomic mass is 10.1. The third kappa shape index (κ3) is 6.17. The minimum Gasteiger partial charge on any atom is -0.480 e. The zero-order valence-electron chi connectivity index (χ0n) is 19.7. The zero-order chi connectivity index (χ0) is 25.4. The summed E-state index contributed by atoms with van der Waals surface area (Å²) in [4.78, 5) is 25.5. The van der Waals surface area contributed by atoms with E-state index in [9.17, 15) is 9.59 Å². The first-order chi connectivity index (χ1) is 16.5. The van der Waals surface area contributed by atoms with E-state index in [0.717, 1.165) is 0 Å². The number of ketones is 1. The van der Waals surface area contributed by atoms with Crippen LogP contribution in [-0.2, 0) is 28.5 Å². The highest BCUT2D eigenvalue weighted by Gasteiger charge is 2.50. The van der Waals surface area contributed by atoms with Gasteiger partial charge in [0.2, 0.25) is 5.78 Å². The molecule has 4 rings (SSSR count). The highest BCUT2D eigenvalue weighted by Crippen LogP contribution is 2.37. The molecular formula is C24H26Cl2O8S. The van der Waals surface area contributed by atoms with Gasteiger partial charge in [-0.2, -0.15) is 0 Å². The average Bonchev–Trinajstić information content (AvgIpc) is 3.51. The minimum absolute atomic E-state index is 0.0391. The van der Waals surface area contributed by atoms with E-state index in [4.69, 9.17) is 51.6 Å². The van der Waals surface area contributed by atoms with Crippen molar-refractivity contribution in [3.8, 4) is 5.75 Å². The summed E-state index contributed by atoms with van der Waals surface area (Å²) in [7, 11) is 0. The van der Waals surface area contributed by atoms with Crippen molar-refractivity contribution in [1.82, 2.24) is 0 Å². The van der Waals surface area contributed by atoms with Crippen molar-refractivity contribution < 1.29 is 38.0 Å². The Bertz CT molecular complexity index is 1090. The second-order valence-electron chi connectivity index (χ2n) is 9.02. The molecule has 11 heteroatoms. The Hall–Kier alpha value is -1.72. The van der Waals surface area contributed by atoms with E-state index in [1.54, 1.807) is 31.4 Å². The Morgan fingerprint density at radius 3 is 2.49 bits per heavy atom. The van der Waals surface area contributed by atoms with Gasteiger partial charge >= 0.3 is 5.97 Å². The molecule has 0 unspecified atom stereocenters. The molecular weight excluding hydrogens is 519 g/mol. The summed E-state index contributed by atoms with van der Waals surface area (Å²) in [5.74, 6) is -2.29. The monoisotopic (exact) mass is 544 g/mol. The molecule has 0 radical (unpaired) electrons. The quantitative estimate of drug-likeness (QED) is 0.343. The standard InChI is InChI=1S/C24H26Cl2O8S/c1-23(2)31-11-16(32-23)22-15(33-24(3,4)34-22)10-30-18(27)12-29-14-8-7-13(19(25)20(14)26)21(28)17-6-5-9-35-17/h5-9,15-16,22H,10-12H2,1-4H3/t15-,16+,22-/m0/s1. The van der Waals surface area contributed by atoms with Crippen LogP contribution in [-0.4, -0.2) is 61.5 Å². The van der Waals surface area contributed by atoms with Crippen LogP contribution in [0.25, 0.3) is 0 Å². The molecule has 0 amide bonds. The van der Waals surface area contributed by atoms with E-state index in [2.05, 4.69) is 0 Å². The maximum atomic E-state index is 12.6. The third-order valence-electron chi connectivity index (χ3n) is 5.41. The van der Waals surface area contributed by atoms with Gasteiger partial charge in [0, 0.05) is 5.56 Å². The summed E-state index contributed by atoms with van der Waals surface area (Å²) in [6.07, 6.45) is -1.37. The number of carbonyl (C=O) groups excluding carboxylic acids is 2. The smallest absolute Gasteiger partial charge is 0.344 e. The van der Waals surface area contributed by atoms with Crippen LogP contribution < -0.4 is 4.74 Å². The summed E-state index contributed by atoms with van der Waals surface area (Å²) >= 11 is 13.9. The normalized spacial score (nSPS) is 24.9. The summed E-state index contributed by atoms with van der Waals surface area (Å²) in [6, 6.07) is 6.49. The minimum atomic E-state index is -0.860. The van der Waals surface area contributed by atoms with Crippen LogP contribution in [0.5, 0.6) is 5.75 Å². The molecule has 2 aliphatic rings. The number of thiophene rings is 1. The topological polar surface area (TPSA) is 89.5 Å². The van der Waals surface area contributed by atoms with Crippen molar-refractivity contribution in [2.45, 2.75) is 57.6 Å². The molecule has 0 aliphatic carbocycles.